The van der Waals surface area contributed by atoms with Crippen molar-refractivity contribution < 1.29 is 19.2 Å². The average molecular weight is 425 g/mol. The number of aromatic nitrogens is 1. The number of nitrogens with one attached hydrogen (secondary N) is 1. The predicted molar refractivity (Wildman–Crippen MR) is 118 cm³/mol. The van der Waals surface area contributed by atoms with E-state index in [9.17, 15) is 9.90 Å². The molecule has 0 bridgehead atoms. The molecule has 4 rings (SSSR count). The van der Waals surface area contributed by atoms with Crippen LogP contribution in [0.25, 0.3) is 10.8 Å². The predicted octanol–water partition coefficient (Wildman–Crippen LogP) is 2.13. The first-order valence-corrected chi connectivity index (χ1v) is 10.5. The minimum atomic E-state index is -0.579. The molecule has 0 aliphatic carbocycles. The number of carbonyl (C=O) groups is 1. The van der Waals surface area contributed by atoms with Crippen LogP contribution in [0.5, 0.6) is 5.75 Å². The summed E-state index contributed by atoms with van der Waals surface area (Å²) in [6.07, 6.45) is -0.579. The van der Waals surface area contributed by atoms with Crippen molar-refractivity contribution in [2.24, 2.45) is 0 Å². The molecule has 2 aromatic carbocycles. The number of piperazine rings is 1. The molecule has 31 heavy (non-hydrogen) atoms. The second-order valence-electron chi connectivity index (χ2n) is 7.89. The van der Waals surface area contributed by atoms with E-state index in [0.29, 0.717) is 24.7 Å². The number of hydrogen-bond acceptors (Lipinski definition) is 7. The van der Waals surface area contributed by atoms with Crippen LogP contribution in [0.4, 0.5) is 5.82 Å². The van der Waals surface area contributed by atoms with E-state index >= 15 is 0 Å². The number of carbonyl (C=O) groups excluding carboxylic acids is 1. The molecular weight excluding hydrogens is 396 g/mol. The fourth-order valence-electron chi connectivity index (χ4n) is 3.80. The van der Waals surface area contributed by atoms with Crippen molar-refractivity contribution in [2.75, 3.05) is 51.2 Å². The monoisotopic (exact) mass is 424 g/mol. The number of fused-ring (bicyclic) bond motifs is 1. The van der Waals surface area contributed by atoms with Crippen LogP contribution < -0.4 is 10.1 Å². The lowest BCUT2D eigenvalue weighted by Gasteiger charge is -2.35. The highest BCUT2D eigenvalue weighted by Gasteiger charge is 2.21. The van der Waals surface area contributed by atoms with Gasteiger partial charge in [-0.15, -0.1) is 0 Å². The number of nitrogens with zero attached hydrogens (tertiary/aromatic N) is 3. The SMILES string of the molecule is Cc1cc(NC(=O)CN2CCN(C[C@@H](O)COc3cccc4ccccc34)CC2)no1. The Labute approximate surface area is 181 Å². The summed E-state index contributed by atoms with van der Waals surface area (Å²) in [5, 5.41) is 19.1. The van der Waals surface area contributed by atoms with Gasteiger partial charge in [0.2, 0.25) is 5.91 Å². The summed E-state index contributed by atoms with van der Waals surface area (Å²) in [4.78, 5) is 16.5. The maximum Gasteiger partial charge on any atom is 0.239 e. The van der Waals surface area contributed by atoms with E-state index in [4.69, 9.17) is 9.26 Å². The average Bonchev–Trinajstić information content (AvgIpc) is 3.18. The Morgan fingerprint density at radius 3 is 2.68 bits per heavy atom. The molecule has 8 heteroatoms. The lowest BCUT2D eigenvalue weighted by atomic mass is 10.1. The number of amides is 1. The van der Waals surface area contributed by atoms with E-state index in [2.05, 4.69) is 20.3 Å². The van der Waals surface area contributed by atoms with Crippen LogP contribution in [0.15, 0.2) is 53.1 Å². The van der Waals surface area contributed by atoms with Gasteiger partial charge < -0.3 is 19.7 Å². The Kier molecular flexibility index (Phi) is 6.81. The molecule has 1 aliphatic rings. The van der Waals surface area contributed by atoms with E-state index in [1.165, 1.54) is 0 Å². The van der Waals surface area contributed by atoms with Gasteiger partial charge in [0.15, 0.2) is 5.82 Å². The largest absolute Gasteiger partial charge is 0.490 e. The number of hydrogen-bond donors (Lipinski definition) is 2. The van der Waals surface area contributed by atoms with E-state index in [-0.39, 0.29) is 12.5 Å². The summed E-state index contributed by atoms with van der Waals surface area (Å²) in [5.41, 5.74) is 0. The van der Waals surface area contributed by atoms with Gasteiger partial charge in [-0.2, -0.15) is 0 Å². The van der Waals surface area contributed by atoms with Gasteiger partial charge in [-0.25, -0.2) is 0 Å². The molecule has 1 aliphatic heterocycles. The maximum absolute atomic E-state index is 12.2. The molecule has 1 saturated heterocycles. The minimum Gasteiger partial charge on any atom is -0.490 e. The molecule has 0 radical (unpaired) electrons. The van der Waals surface area contributed by atoms with Crippen molar-refractivity contribution in [3.05, 3.63) is 54.3 Å². The van der Waals surface area contributed by atoms with Crippen LogP contribution in [-0.4, -0.2) is 77.9 Å². The summed E-state index contributed by atoms with van der Waals surface area (Å²) in [6, 6.07) is 15.7. The smallest absolute Gasteiger partial charge is 0.239 e. The van der Waals surface area contributed by atoms with Crippen molar-refractivity contribution >= 4 is 22.5 Å². The first-order valence-electron chi connectivity index (χ1n) is 10.5. The van der Waals surface area contributed by atoms with E-state index in [0.717, 1.165) is 42.7 Å². The Balaban J connectivity index is 1.18. The molecule has 1 atom stereocenters. The number of aliphatic hydroxyl groups excluding tert-OH is 1. The molecule has 0 saturated carbocycles. The zero-order valence-electron chi connectivity index (χ0n) is 17.7. The van der Waals surface area contributed by atoms with Crippen LogP contribution >= 0.6 is 0 Å². The van der Waals surface area contributed by atoms with Crippen LogP contribution in [0, 0.1) is 6.92 Å². The number of ether oxygens (including phenoxy) is 1. The van der Waals surface area contributed by atoms with Gasteiger partial charge in [-0.05, 0) is 18.4 Å². The Morgan fingerprint density at radius 1 is 1.16 bits per heavy atom. The van der Waals surface area contributed by atoms with Crippen molar-refractivity contribution in [3.63, 3.8) is 0 Å². The highest BCUT2D eigenvalue weighted by atomic mass is 16.5. The summed E-state index contributed by atoms with van der Waals surface area (Å²) in [5.74, 6) is 1.78. The van der Waals surface area contributed by atoms with Gasteiger partial charge in [0.1, 0.15) is 24.2 Å². The Morgan fingerprint density at radius 2 is 1.90 bits per heavy atom. The molecule has 0 spiro atoms. The van der Waals surface area contributed by atoms with E-state index < -0.39 is 6.10 Å². The maximum atomic E-state index is 12.2. The van der Waals surface area contributed by atoms with Crippen molar-refractivity contribution in [2.45, 2.75) is 13.0 Å². The van der Waals surface area contributed by atoms with Crippen LogP contribution in [0.1, 0.15) is 5.76 Å². The van der Waals surface area contributed by atoms with Gasteiger partial charge >= 0.3 is 0 Å². The molecule has 2 heterocycles. The lowest BCUT2D eigenvalue weighted by Crippen LogP contribution is -2.50. The van der Waals surface area contributed by atoms with Crippen LogP contribution in [-0.2, 0) is 4.79 Å². The minimum absolute atomic E-state index is 0.106. The summed E-state index contributed by atoms with van der Waals surface area (Å²) >= 11 is 0. The molecule has 164 valence electrons. The molecule has 1 aromatic heterocycles. The molecule has 8 nitrogen and oxygen atoms in total. The van der Waals surface area contributed by atoms with Gasteiger partial charge in [-0.3, -0.25) is 14.6 Å². The second kappa shape index (κ2) is 9.91. The molecule has 2 N–H and O–H groups in total. The molecule has 1 amide bonds. The van der Waals surface area contributed by atoms with E-state index in [1.54, 1.807) is 13.0 Å². The Hall–Kier alpha value is -2.94. The van der Waals surface area contributed by atoms with Gasteiger partial charge in [0.05, 0.1) is 6.54 Å². The zero-order chi connectivity index (χ0) is 21.6. The number of rotatable bonds is 8. The lowest BCUT2D eigenvalue weighted by molar-refractivity contribution is -0.117. The summed E-state index contributed by atoms with van der Waals surface area (Å²) in [7, 11) is 0. The third-order valence-electron chi connectivity index (χ3n) is 5.38. The first-order chi connectivity index (χ1) is 15.1. The fraction of sp³-hybridized carbons (Fsp3) is 0.391. The summed E-state index contributed by atoms with van der Waals surface area (Å²) < 4.78 is 10.9. The molecular formula is C23H28N4O4. The number of β-amino-alcohol motifs (C(OH)–C–C–N with tert-alkyl or cyclic N) is 1. The topological polar surface area (TPSA) is 91.1 Å². The second-order valence-corrected chi connectivity index (χ2v) is 7.89. The number of anilines is 1. The van der Waals surface area contributed by atoms with E-state index in [1.807, 2.05) is 42.5 Å². The number of benzene rings is 2. The number of aliphatic hydroxyl groups is 1. The normalized spacial score (nSPS) is 16.3. The standard InChI is InChI=1S/C23H28N4O4/c1-17-13-22(25-31-17)24-23(29)15-27-11-9-26(10-12-27)14-19(28)16-30-21-8-4-6-18-5-2-3-7-20(18)21/h2-8,13,19,28H,9-12,14-16H2,1H3,(H,24,25,29)/t19-/m1/s1. The number of aryl methyl sites for hydroxylation is 1. The van der Waals surface area contributed by atoms with Crippen molar-refractivity contribution in [1.82, 2.24) is 15.0 Å². The van der Waals surface area contributed by atoms with Crippen molar-refractivity contribution in [3.8, 4) is 5.75 Å². The van der Waals surface area contributed by atoms with Gasteiger partial charge in [-0.1, -0.05) is 41.6 Å². The molecule has 0 unspecified atom stereocenters. The highest BCUT2D eigenvalue weighted by Crippen LogP contribution is 2.25. The fourth-order valence-corrected chi connectivity index (χ4v) is 3.80. The quantitative estimate of drug-likeness (QED) is 0.572. The molecule has 1 fully saturated rings. The zero-order valence-corrected chi connectivity index (χ0v) is 17.7. The third-order valence-corrected chi connectivity index (χ3v) is 5.38. The molecule has 3 aromatic rings. The van der Waals surface area contributed by atoms with Crippen molar-refractivity contribution in [1.29, 1.82) is 0 Å². The van der Waals surface area contributed by atoms with Crippen LogP contribution in [0.2, 0.25) is 0 Å². The van der Waals surface area contributed by atoms with Gasteiger partial charge in [0, 0.05) is 44.2 Å². The summed E-state index contributed by atoms with van der Waals surface area (Å²) in [6.45, 7) is 6.00. The highest BCUT2D eigenvalue weighted by molar-refractivity contribution is 5.91. The third kappa shape index (κ3) is 5.81. The van der Waals surface area contributed by atoms with Crippen LogP contribution in [0.3, 0.4) is 0 Å². The van der Waals surface area contributed by atoms with Gasteiger partial charge in [0.25, 0.3) is 0 Å². The Bertz CT molecular complexity index is 1010. The first kappa shape index (κ1) is 21.3.